The molecular formula is C13H13ClN2O. The Labute approximate surface area is 105 Å². The van der Waals surface area contributed by atoms with Crippen molar-refractivity contribution in [1.82, 2.24) is 4.57 Å². The number of aromatic nitrogens is 1. The quantitative estimate of drug-likeness (QED) is 0.888. The highest BCUT2D eigenvalue weighted by Crippen LogP contribution is 2.15. The van der Waals surface area contributed by atoms with E-state index in [0.717, 1.165) is 5.69 Å². The van der Waals surface area contributed by atoms with Crippen LogP contribution in [0.25, 0.3) is 0 Å². The van der Waals surface area contributed by atoms with E-state index in [1.807, 2.05) is 36.0 Å². The first-order valence-corrected chi connectivity index (χ1v) is 5.73. The average Bonchev–Trinajstić information content (AvgIpc) is 2.84. The SMILES string of the molecule is CC(C(=O)Nc1ccc(Cl)cc1)n1cccc1. The Kier molecular flexibility index (Phi) is 3.49. The first-order valence-electron chi connectivity index (χ1n) is 5.36. The molecular weight excluding hydrogens is 236 g/mol. The molecule has 1 aromatic carbocycles. The zero-order valence-corrected chi connectivity index (χ0v) is 10.2. The summed E-state index contributed by atoms with van der Waals surface area (Å²) in [4.78, 5) is 11.9. The first kappa shape index (κ1) is 11.7. The Bertz CT molecular complexity index is 491. The molecule has 0 fully saturated rings. The van der Waals surface area contributed by atoms with Gasteiger partial charge < -0.3 is 9.88 Å². The van der Waals surface area contributed by atoms with Gasteiger partial charge in [-0.15, -0.1) is 0 Å². The maximum atomic E-state index is 11.9. The zero-order valence-electron chi connectivity index (χ0n) is 9.43. The largest absolute Gasteiger partial charge is 0.342 e. The van der Waals surface area contributed by atoms with E-state index in [2.05, 4.69) is 5.32 Å². The molecule has 88 valence electrons. The number of nitrogens with zero attached hydrogens (tertiary/aromatic N) is 1. The van der Waals surface area contributed by atoms with Gasteiger partial charge in [-0.3, -0.25) is 4.79 Å². The van der Waals surface area contributed by atoms with Gasteiger partial charge in [0.15, 0.2) is 0 Å². The molecule has 0 spiro atoms. The van der Waals surface area contributed by atoms with Gasteiger partial charge in [0, 0.05) is 23.1 Å². The van der Waals surface area contributed by atoms with Crippen LogP contribution in [0.4, 0.5) is 5.69 Å². The molecule has 1 heterocycles. The average molecular weight is 249 g/mol. The molecule has 1 unspecified atom stereocenters. The topological polar surface area (TPSA) is 34.0 Å². The van der Waals surface area contributed by atoms with E-state index in [1.165, 1.54) is 0 Å². The van der Waals surface area contributed by atoms with Crippen molar-refractivity contribution >= 4 is 23.2 Å². The van der Waals surface area contributed by atoms with Crippen molar-refractivity contribution in [2.45, 2.75) is 13.0 Å². The van der Waals surface area contributed by atoms with E-state index in [4.69, 9.17) is 11.6 Å². The summed E-state index contributed by atoms with van der Waals surface area (Å²) in [5.41, 5.74) is 0.749. The van der Waals surface area contributed by atoms with Crippen molar-refractivity contribution in [3.05, 3.63) is 53.8 Å². The van der Waals surface area contributed by atoms with Gasteiger partial charge in [-0.1, -0.05) is 11.6 Å². The minimum atomic E-state index is -0.235. The van der Waals surface area contributed by atoms with E-state index in [0.29, 0.717) is 5.02 Å². The standard InChI is InChI=1S/C13H13ClN2O/c1-10(16-8-2-3-9-16)13(17)15-12-6-4-11(14)5-7-12/h2-10H,1H3,(H,15,17). The fraction of sp³-hybridized carbons (Fsp3) is 0.154. The minimum absolute atomic E-state index is 0.0523. The first-order chi connectivity index (χ1) is 8.16. The maximum Gasteiger partial charge on any atom is 0.247 e. The van der Waals surface area contributed by atoms with Crippen molar-refractivity contribution in [2.24, 2.45) is 0 Å². The van der Waals surface area contributed by atoms with Crippen LogP contribution in [0, 0.1) is 0 Å². The second-order valence-corrected chi connectivity index (χ2v) is 4.24. The van der Waals surface area contributed by atoms with Gasteiger partial charge >= 0.3 is 0 Å². The molecule has 17 heavy (non-hydrogen) atoms. The molecule has 0 aliphatic carbocycles. The summed E-state index contributed by atoms with van der Waals surface area (Å²) in [6.07, 6.45) is 3.73. The summed E-state index contributed by atoms with van der Waals surface area (Å²) in [5.74, 6) is -0.0523. The van der Waals surface area contributed by atoms with Crippen molar-refractivity contribution < 1.29 is 4.79 Å². The Morgan fingerprint density at radius 3 is 2.41 bits per heavy atom. The molecule has 0 aliphatic heterocycles. The van der Waals surface area contributed by atoms with Crippen LogP contribution in [-0.4, -0.2) is 10.5 Å². The minimum Gasteiger partial charge on any atom is -0.342 e. The lowest BCUT2D eigenvalue weighted by atomic mass is 10.2. The highest BCUT2D eigenvalue weighted by atomic mass is 35.5. The fourth-order valence-corrected chi connectivity index (χ4v) is 1.65. The number of carbonyl (C=O) groups is 1. The molecule has 0 saturated heterocycles. The van der Waals surface area contributed by atoms with Crippen LogP contribution in [0.15, 0.2) is 48.8 Å². The Hall–Kier alpha value is -1.74. The molecule has 2 aromatic rings. The maximum absolute atomic E-state index is 11.9. The van der Waals surface area contributed by atoms with Crippen LogP contribution in [0.1, 0.15) is 13.0 Å². The second kappa shape index (κ2) is 5.06. The number of amides is 1. The Morgan fingerprint density at radius 2 is 1.82 bits per heavy atom. The van der Waals surface area contributed by atoms with Gasteiger partial charge in [-0.25, -0.2) is 0 Å². The number of halogens is 1. The van der Waals surface area contributed by atoms with Crippen LogP contribution in [-0.2, 0) is 4.79 Å². The van der Waals surface area contributed by atoms with Crippen molar-refractivity contribution in [1.29, 1.82) is 0 Å². The zero-order chi connectivity index (χ0) is 12.3. The number of carbonyl (C=O) groups excluding carboxylic acids is 1. The van der Waals surface area contributed by atoms with Crippen LogP contribution in [0.5, 0.6) is 0 Å². The molecule has 2 rings (SSSR count). The summed E-state index contributed by atoms with van der Waals surface area (Å²) in [7, 11) is 0. The molecule has 0 saturated carbocycles. The molecule has 3 nitrogen and oxygen atoms in total. The molecule has 1 atom stereocenters. The van der Waals surface area contributed by atoms with Gasteiger partial charge in [0.05, 0.1) is 0 Å². The Morgan fingerprint density at radius 1 is 1.24 bits per heavy atom. The smallest absolute Gasteiger partial charge is 0.247 e. The highest BCUT2D eigenvalue weighted by Gasteiger charge is 2.13. The number of hydrogen-bond acceptors (Lipinski definition) is 1. The van der Waals surface area contributed by atoms with Gasteiger partial charge in [-0.2, -0.15) is 0 Å². The summed E-state index contributed by atoms with van der Waals surface area (Å²) >= 11 is 5.78. The molecule has 1 amide bonds. The molecule has 0 radical (unpaired) electrons. The van der Waals surface area contributed by atoms with E-state index < -0.39 is 0 Å². The van der Waals surface area contributed by atoms with Gasteiger partial charge in [-0.05, 0) is 43.3 Å². The monoisotopic (exact) mass is 248 g/mol. The van der Waals surface area contributed by atoms with E-state index in [-0.39, 0.29) is 11.9 Å². The normalized spacial score (nSPS) is 12.1. The van der Waals surface area contributed by atoms with Gasteiger partial charge in [0.2, 0.25) is 5.91 Å². The number of hydrogen-bond donors (Lipinski definition) is 1. The van der Waals surface area contributed by atoms with Crippen LogP contribution < -0.4 is 5.32 Å². The summed E-state index contributed by atoms with van der Waals surface area (Å²) in [6.45, 7) is 1.85. The van der Waals surface area contributed by atoms with Gasteiger partial charge in [0.25, 0.3) is 0 Å². The number of nitrogens with one attached hydrogen (secondary N) is 1. The predicted octanol–water partition coefficient (Wildman–Crippen LogP) is 3.34. The third kappa shape index (κ3) is 2.88. The summed E-state index contributed by atoms with van der Waals surface area (Å²) in [6, 6.07) is 10.6. The molecule has 1 aromatic heterocycles. The van der Waals surface area contributed by atoms with Gasteiger partial charge in [0.1, 0.15) is 6.04 Å². The number of rotatable bonds is 3. The lowest BCUT2D eigenvalue weighted by Crippen LogP contribution is -2.22. The van der Waals surface area contributed by atoms with E-state index in [9.17, 15) is 4.79 Å². The highest BCUT2D eigenvalue weighted by molar-refractivity contribution is 6.30. The van der Waals surface area contributed by atoms with Crippen LogP contribution in [0.3, 0.4) is 0 Å². The van der Waals surface area contributed by atoms with E-state index in [1.54, 1.807) is 24.3 Å². The molecule has 0 aliphatic rings. The van der Waals surface area contributed by atoms with Crippen molar-refractivity contribution in [3.8, 4) is 0 Å². The number of benzene rings is 1. The molecule has 1 N–H and O–H groups in total. The fourth-order valence-electron chi connectivity index (χ4n) is 1.52. The van der Waals surface area contributed by atoms with E-state index >= 15 is 0 Å². The van der Waals surface area contributed by atoms with Crippen molar-refractivity contribution in [2.75, 3.05) is 5.32 Å². The molecule has 0 bridgehead atoms. The lowest BCUT2D eigenvalue weighted by molar-refractivity contribution is -0.118. The van der Waals surface area contributed by atoms with Crippen LogP contribution >= 0.6 is 11.6 Å². The van der Waals surface area contributed by atoms with Crippen LogP contribution in [0.2, 0.25) is 5.02 Å². The number of anilines is 1. The molecule has 4 heteroatoms. The third-order valence-corrected chi connectivity index (χ3v) is 2.82. The predicted molar refractivity (Wildman–Crippen MR) is 69.2 cm³/mol. The lowest BCUT2D eigenvalue weighted by Gasteiger charge is -2.13. The second-order valence-electron chi connectivity index (χ2n) is 3.80. The summed E-state index contributed by atoms with van der Waals surface area (Å²) < 4.78 is 1.85. The third-order valence-electron chi connectivity index (χ3n) is 2.57. The Balaban J connectivity index is 2.04. The van der Waals surface area contributed by atoms with Crippen molar-refractivity contribution in [3.63, 3.8) is 0 Å². The summed E-state index contributed by atoms with van der Waals surface area (Å²) in [5, 5.41) is 3.49.